The van der Waals surface area contributed by atoms with Gasteiger partial charge in [-0.05, 0) is 130 Å². The molecular formula is C48H82O17. The Hall–Kier alpha value is -0.940. The Morgan fingerprint density at radius 3 is 1.71 bits per heavy atom. The van der Waals surface area contributed by atoms with Crippen molar-refractivity contribution in [1.29, 1.82) is 0 Å². The van der Waals surface area contributed by atoms with Crippen molar-refractivity contribution in [2.75, 3.05) is 19.8 Å². The molecule has 0 unspecified atom stereocenters. The summed E-state index contributed by atoms with van der Waals surface area (Å²) in [5.74, 6) is 0.995. The fourth-order valence-electron chi connectivity index (χ4n) is 14.9. The lowest BCUT2D eigenvalue weighted by atomic mass is 9.35. The van der Waals surface area contributed by atoms with Crippen molar-refractivity contribution in [3.8, 4) is 0 Å². The van der Waals surface area contributed by atoms with E-state index in [-0.39, 0.29) is 28.1 Å². The van der Waals surface area contributed by atoms with Crippen LogP contribution in [0.1, 0.15) is 120 Å². The summed E-state index contributed by atoms with van der Waals surface area (Å²) in [7, 11) is 0. The number of fused-ring (bicyclic) bond motifs is 5. The van der Waals surface area contributed by atoms with Crippen LogP contribution < -0.4 is 0 Å². The van der Waals surface area contributed by atoms with Crippen LogP contribution in [0.15, 0.2) is 11.6 Å². The van der Waals surface area contributed by atoms with Crippen LogP contribution in [0.25, 0.3) is 0 Å². The van der Waals surface area contributed by atoms with Gasteiger partial charge in [-0.15, -0.1) is 0 Å². The lowest BCUT2D eigenvalue weighted by Gasteiger charge is -2.70. The van der Waals surface area contributed by atoms with E-state index in [0.29, 0.717) is 24.7 Å². The summed E-state index contributed by atoms with van der Waals surface area (Å²) in [4.78, 5) is 0. The third kappa shape index (κ3) is 8.84. The molecule has 17 nitrogen and oxygen atoms in total. The van der Waals surface area contributed by atoms with Crippen LogP contribution in [0.4, 0.5) is 0 Å². The highest BCUT2D eigenvalue weighted by molar-refractivity contribution is 5.19. The van der Waals surface area contributed by atoms with Crippen LogP contribution >= 0.6 is 0 Å². The second-order valence-corrected chi connectivity index (χ2v) is 22.8. The first kappa shape index (κ1) is 51.9. The minimum Gasteiger partial charge on any atom is -0.394 e. The maximum Gasteiger partial charge on any atom is 0.187 e. The van der Waals surface area contributed by atoms with E-state index in [9.17, 15) is 56.2 Å². The van der Waals surface area contributed by atoms with Gasteiger partial charge in [0.1, 0.15) is 73.2 Å². The summed E-state index contributed by atoms with van der Waals surface area (Å²) >= 11 is 0. The molecule has 65 heavy (non-hydrogen) atoms. The highest BCUT2D eigenvalue weighted by atomic mass is 16.8. The predicted molar refractivity (Wildman–Crippen MR) is 232 cm³/mol. The molecule has 7 fully saturated rings. The highest BCUT2D eigenvalue weighted by Crippen LogP contribution is 2.76. The maximum absolute atomic E-state index is 11.4. The summed E-state index contributed by atoms with van der Waals surface area (Å²) in [5.41, 5.74) is -0.159. The van der Waals surface area contributed by atoms with E-state index in [2.05, 4.69) is 61.5 Å². The molecule has 4 aliphatic carbocycles. The number of ether oxygens (including phenoxy) is 6. The number of rotatable bonds is 13. The molecule has 0 aromatic rings. The van der Waals surface area contributed by atoms with Crippen LogP contribution in [-0.4, -0.2) is 180 Å². The largest absolute Gasteiger partial charge is 0.394 e. The van der Waals surface area contributed by atoms with Crippen molar-refractivity contribution >= 4 is 0 Å². The Labute approximate surface area is 384 Å². The Bertz CT molecular complexity index is 1640. The fourth-order valence-corrected chi connectivity index (χ4v) is 14.9. The molecule has 0 radical (unpaired) electrons. The lowest BCUT2D eigenvalue weighted by molar-refractivity contribution is -0.378. The number of aliphatic hydroxyl groups excluding tert-OH is 11. The zero-order valence-electron chi connectivity index (χ0n) is 39.7. The molecule has 0 spiro atoms. The predicted octanol–water partition coefficient (Wildman–Crippen LogP) is 1.00. The molecule has 11 N–H and O–H groups in total. The zero-order valence-corrected chi connectivity index (χ0v) is 39.7. The van der Waals surface area contributed by atoms with Crippen LogP contribution in [0.5, 0.6) is 0 Å². The number of aliphatic hydroxyl groups is 11. The molecule has 0 aromatic carbocycles. The molecule has 7 rings (SSSR count). The zero-order chi connectivity index (χ0) is 47.8. The van der Waals surface area contributed by atoms with Crippen molar-refractivity contribution in [3.63, 3.8) is 0 Å². The topological polar surface area (TPSA) is 278 Å². The third-order valence-electron chi connectivity index (χ3n) is 18.8. The first-order chi connectivity index (χ1) is 30.4. The minimum atomic E-state index is -1.77. The van der Waals surface area contributed by atoms with Crippen LogP contribution in [0.2, 0.25) is 0 Å². The lowest BCUT2D eigenvalue weighted by Crippen LogP contribution is -2.67. The standard InChI is InChI=1S/C48H82O17/c1-23(2)10-9-16-48(8,65-42-39(59)36(56)33(53)27(21-50)61-42)25-13-18-46(6)24(25)11-12-30-45(5)17-15-31(44(3,4)29(45)14-19-47(30,46)7)63-43-40(37(57)34(54)28(22-51)62-43)64-41-38(58)35(55)32(52)26(20-49)60-41/h10,24-43,49-59H,9,11-22H2,1-8H3/t24-,25+,26-,27-,28-,29-,30-,31+,32-,33-,34-,35+,36+,37+,38-,39-,40-,41+,42+,43+,45+,46-,47-,48+/m1/s1. The van der Waals surface area contributed by atoms with Crippen molar-refractivity contribution < 1.29 is 84.6 Å². The molecule has 0 amide bonds. The maximum atomic E-state index is 11.4. The van der Waals surface area contributed by atoms with Gasteiger partial charge >= 0.3 is 0 Å². The molecule has 4 saturated carbocycles. The van der Waals surface area contributed by atoms with E-state index in [4.69, 9.17) is 28.4 Å². The van der Waals surface area contributed by atoms with Gasteiger partial charge in [-0.2, -0.15) is 0 Å². The van der Waals surface area contributed by atoms with Gasteiger partial charge in [0.25, 0.3) is 0 Å². The average Bonchev–Trinajstić information content (AvgIpc) is 3.63. The van der Waals surface area contributed by atoms with Gasteiger partial charge in [-0.1, -0.05) is 46.3 Å². The first-order valence-corrected chi connectivity index (χ1v) is 24.3. The van der Waals surface area contributed by atoms with E-state index < -0.39 is 129 Å². The molecule has 3 aliphatic heterocycles. The molecule has 17 heteroatoms. The van der Waals surface area contributed by atoms with E-state index in [1.54, 1.807) is 0 Å². The summed E-state index contributed by atoms with van der Waals surface area (Å²) in [6, 6.07) is 0. The molecule has 24 atom stereocenters. The Morgan fingerprint density at radius 2 is 1.12 bits per heavy atom. The Balaban J connectivity index is 1.11. The highest BCUT2D eigenvalue weighted by Gasteiger charge is 2.70. The van der Waals surface area contributed by atoms with Crippen LogP contribution in [0, 0.1) is 45.3 Å². The summed E-state index contributed by atoms with van der Waals surface area (Å²) < 4.78 is 37.4. The first-order valence-electron chi connectivity index (χ1n) is 24.3. The summed E-state index contributed by atoms with van der Waals surface area (Å²) in [6.45, 7) is 16.3. The molecule has 7 aliphatic rings. The number of hydrogen-bond donors (Lipinski definition) is 11. The van der Waals surface area contributed by atoms with Gasteiger partial charge in [-0.3, -0.25) is 0 Å². The van der Waals surface area contributed by atoms with Gasteiger partial charge < -0.3 is 84.6 Å². The molecule has 376 valence electrons. The quantitative estimate of drug-likeness (QED) is 0.0908. The normalized spacial score (nSPS) is 51.9. The third-order valence-corrected chi connectivity index (χ3v) is 18.8. The SMILES string of the molecule is CC(C)=CCC[C@](C)(O[C@@H]1O[C@H](CO)[C@@H](O)[C@H](O)[C@H]1O)[C@H]1CC[C@]2(C)[C@@H]1CC[C@@H]1[C@@]3(C)CC[C@H](O[C@@H]4O[C@H](CO)[C@@H](O)[C@H](O)[C@H]4O[C@@H]4O[C@H](CO)[C@@H](O)[C@H](O)[C@H]4O)C(C)(C)[C@H]3CC[C@]12C. The number of hydrogen-bond acceptors (Lipinski definition) is 17. The van der Waals surface area contributed by atoms with Crippen LogP contribution in [0.3, 0.4) is 0 Å². The molecular weight excluding hydrogens is 849 g/mol. The van der Waals surface area contributed by atoms with Crippen molar-refractivity contribution in [2.45, 2.75) is 223 Å². The van der Waals surface area contributed by atoms with Gasteiger partial charge in [0.2, 0.25) is 0 Å². The summed E-state index contributed by atoms with van der Waals surface area (Å²) in [5, 5.41) is 116. The van der Waals surface area contributed by atoms with Gasteiger partial charge in [0.05, 0.1) is 31.5 Å². The van der Waals surface area contributed by atoms with E-state index >= 15 is 0 Å². The summed E-state index contributed by atoms with van der Waals surface area (Å²) in [6.07, 6.45) is -11.6. The average molecular weight is 931 g/mol. The van der Waals surface area contributed by atoms with Gasteiger partial charge in [0.15, 0.2) is 18.9 Å². The second-order valence-electron chi connectivity index (χ2n) is 22.8. The van der Waals surface area contributed by atoms with Crippen LogP contribution in [-0.2, 0) is 28.4 Å². The second kappa shape index (κ2) is 19.3. The van der Waals surface area contributed by atoms with E-state index in [1.165, 1.54) is 5.57 Å². The number of allylic oxidation sites excluding steroid dienone is 2. The Morgan fingerprint density at radius 1 is 0.585 bits per heavy atom. The smallest absolute Gasteiger partial charge is 0.187 e. The molecule has 0 bridgehead atoms. The molecule has 0 aromatic heterocycles. The van der Waals surface area contributed by atoms with Crippen molar-refractivity contribution in [2.24, 2.45) is 45.3 Å². The van der Waals surface area contributed by atoms with Crippen molar-refractivity contribution in [1.82, 2.24) is 0 Å². The van der Waals surface area contributed by atoms with Gasteiger partial charge in [0, 0.05) is 0 Å². The fraction of sp³-hybridized carbons (Fsp3) is 0.958. The van der Waals surface area contributed by atoms with Crippen molar-refractivity contribution in [3.05, 3.63) is 11.6 Å². The Kier molecular flexibility index (Phi) is 15.4. The molecule has 3 heterocycles. The minimum absolute atomic E-state index is 0.0327. The molecule has 3 saturated heterocycles. The monoisotopic (exact) mass is 931 g/mol. The van der Waals surface area contributed by atoms with E-state index in [1.807, 2.05) is 0 Å². The van der Waals surface area contributed by atoms with Gasteiger partial charge in [-0.25, -0.2) is 0 Å². The van der Waals surface area contributed by atoms with E-state index in [0.717, 1.165) is 51.4 Å².